The average molecular weight is 414 g/mol. The van der Waals surface area contributed by atoms with Crippen molar-refractivity contribution in [3.05, 3.63) is 77.9 Å². The van der Waals surface area contributed by atoms with Crippen LogP contribution in [0, 0.1) is 0 Å². The normalized spacial score (nSPS) is 10.4. The number of hydrogen-bond acceptors (Lipinski definition) is 3. The lowest BCUT2D eigenvalue weighted by atomic mass is 9.73. The van der Waals surface area contributed by atoms with E-state index in [0.29, 0.717) is 17.9 Å². The van der Waals surface area contributed by atoms with E-state index in [2.05, 4.69) is 12.2 Å². The summed E-state index contributed by atoms with van der Waals surface area (Å²) in [6, 6.07) is 19.9. The summed E-state index contributed by atoms with van der Waals surface area (Å²) in [5.74, 6) is -1.04. The van der Waals surface area contributed by atoms with Crippen LogP contribution in [0.2, 0.25) is 6.82 Å². The van der Waals surface area contributed by atoms with E-state index in [9.17, 15) is 14.7 Å². The van der Waals surface area contributed by atoms with E-state index in [1.165, 1.54) is 6.07 Å². The van der Waals surface area contributed by atoms with Crippen LogP contribution < -0.4 is 15.5 Å². The van der Waals surface area contributed by atoms with E-state index >= 15 is 0 Å². The molecular formula is C25H25BNO4. The van der Waals surface area contributed by atoms with Gasteiger partial charge in [-0.05, 0) is 35.7 Å². The summed E-state index contributed by atoms with van der Waals surface area (Å²) in [7, 11) is 1.89. The van der Waals surface area contributed by atoms with Gasteiger partial charge in [0.15, 0.2) is 0 Å². The highest BCUT2D eigenvalue weighted by Gasteiger charge is 2.18. The van der Waals surface area contributed by atoms with Crippen LogP contribution in [-0.4, -0.2) is 30.9 Å². The van der Waals surface area contributed by atoms with Gasteiger partial charge in [-0.1, -0.05) is 74.2 Å². The van der Waals surface area contributed by atoms with Gasteiger partial charge in [-0.15, -0.1) is 0 Å². The Balaban J connectivity index is 1.96. The molecule has 0 aliphatic heterocycles. The van der Waals surface area contributed by atoms with Crippen LogP contribution in [0.4, 0.5) is 5.69 Å². The number of hydrogen-bond donors (Lipinski definition) is 2. The van der Waals surface area contributed by atoms with Gasteiger partial charge in [-0.2, -0.15) is 0 Å². The van der Waals surface area contributed by atoms with E-state index in [-0.39, 0.29) is 11.3 Å². The fourth-order valence-electron chi connectivity index (χ4n) is 3.19. The molecule has 3 aromatic carbocycles. The van der Waals surface area contributed by atoms with Crippen molar-refractivity contribution < 1.29 is 19.4 Å². The second-order valence-electron chi connectivity index (χ2n) is 7.13. The fourth-order valence-corrected chi connectivity index (χ4v) is 3.19. The third kappa shape index (κ3) is 5.54. The molecule has 31 heavy (non-hydrogen) atoms. The summed E-state index contributed by atoms with van der Waals surface area (Å²) in [5, 5.41) is 12.4. The van der Waals surface area contributed by atoms with E-state index < -0.39 is 11.9 Å². The quantitative estimate of drug-likeness (QED) is 0.387. The molecule has 3 rings (SSSR count). The van der Waals surface area contributed by atoms with Gasteiger partial charge in [0, 0.05) is 0 Å². The first-order chi connectivity index (χ1) is 15.0. The van der Waals surface area contributed by atoms with E-state index in [1.54, 1.807) is 24.3 Å². The van der Waals surface area contributed by atoms with Crippen molar-refractivity contribution in [3.63, 3.8) is 0 Å². The maximum Gasteiger partial charge on any atom is 0.337 e. The van der Waals surface area contributed by atoms with Crippen molar-refractivity contribution in [1.82, 2.24) is 0 Å². The summed E-state index contributed by atoms with van der Waals surface area (Å²) in [5.41, 5.74) is 3.26. The Morgan fingerprint density at radius 2 is 1.74 bits per heavy atom. The minimum atomic E-state index is -1.11. The first-order valence-corrected chi connectivity index (χ1v) is 10.3. The number of amides is 1. The predicted molar refractivity (Wildman–Crippen MR) is 125 cm³/mol. The highest BCUT2D eigenvalue weighted by atomic mass is 16.5. The minimum Gasteiger partial charge on any atom is -0.493 e. The fraction of sp³-hybridized carbons (Fsp3) is 0.200. The molecule has 157 valence electrons. The van der Waals surface area contributed by atoms with Gasteiger partial charge in [0.1, 0.15) is 13.0 Å². The predicted octanol–water partition coefficient (Wildman–Crippen LogP) is 4.86. The number of rotatable bonds is 9. The molecule has 1 radical (unpaired) electrons. The molecule has 5 nitrogen and oxygen atoms in total. The maximum absolute atomic E-state index is 13.2. The zero-order valence-electron chi connectivity index (χ0n) is 17.7. The first-order valence-electron chi connectivity index (χ1n) is 10.3. The summed E-state index contributed by atoms with van der Waals surface area (Å²) >= 11 is 0. The molecule has 0 saturated carbocycles. The highest BCUT2D eigenvalue weighted by Crippen LogP contribution is 2.27. The summed E-state index contributed by atoms with van der Waals surface area (Å²) in [6.45, 7) is 4.47. The molecule has 0 bridgehead atoms. The molecule has 3 aromatic rings. The Bertz CT molecular complexity index is 1070. The smallest absolute Gasteiger partial charge is 0.337 e. The number of ether oxygens (including phenoxy) is 1. The summed E-state index contributed by atoms with van der Waals surface area (Å²) < 4.78 is 5.82. The molecule has 0 aliphatic carbocycles. The molecule has 0 aromatic heterocycles. The van der Waals surface area contributed by atoms with Crippen LogP contribution in [0.1, 0.15) is 40.5 Å². The Morgan fingerprint density at radius 3 is 2.42 bits per heavy atom. The number of aromatic carboxylic acids is 1. The van der Waals surface area contributed by atoms with Gasteiger partial charge >= 0.3 is 5.97 Å². The molecule has 2 N–H and O–H groups in total. The average Bonchev–Trinajstić information content (AvgIpc) is 2.79. The van der Waals surface area contributed by atoms with Crippen LogP contribution in [-0.2, 0) is 0 Å². The molecule has 6 heteroatoms. The van der Waals surface area contributed by atoms with Gasteiger partial charge in [0.2, 0.25) is 0 Å². The standard InChI is InChI=1S/C25H25BNO4/c1-3-4-14-31-23-13-11-19(26-2)16-21(23)24(28)27-22-15-18(10-12-20(22)25(29)30)17-8-6-5-7-9-17/h5-13,15-16H,3-4,14H2,1-2H3,(H,27,28)(H,29,30). The van der Waals surface area contributed by atoms with Crippen LogP contribution >= 0.6 is 0 Å². The topological polar surface area (TPSA) is 75.6 Å². The summed E-state index contributed by atoms with van der Waals surface area (Å²) in [4.78, 5) is 24.9. The second kappa shape index (κ2) is 10.5. The third-order valence-corrected chi connectivity index (χ3v) is 4.94. The SMILES string of the molecule is C[B]c1ccc(OCCCC)c(C(=O)Nc2cc(-c3ccccc3)ccc2C(=O)O)c1. The van der Waals surface area contributed by atoms with Crippen molar-refractivity contribution in [2.45, 2.75) is 26.6 Å². The zero-order valence-corrected chi connectivity index (χ0v) is 17.7. The van der Waals surface area contributed by atoms with Crippen molar-refractivity contribution in [2.75, 3.05) is 11.9 Å². The second-order valence-corrected chi connectivity index (χ2v) is 7.13. The maximum atomic E-state index is 13.2. The third-order valence-electron chi connectivity index (χ3n) is 4.94. The largest absolute Gasteiger partial charge is 0.493 e. The van der Waals surface area contributed by atoms with Gasteiger partial charge in [-0.25, -0.2) is 4.79 Å². The van der Waals surface area contributed by atoms with Crippen molar-refractivity contribution in [3.8, 4) is 16.9 Å². The number of anilines is 1. The lowest BCUT2D eigenvalue weighted by Crippen LogP contribution is -2.20. The van der Waals surface area contributed by atoms with Gasteiger partial charge in [0.05, 0.1) is 23.4 Å². The van der Waals surface area contributed by atoms with Gasteiger partial charge in [-0.3, -0.25) is 4.79 Å². The monoisotopic (exact) mass is 414 g/mol. The number of carbonyl (C=O) groups excluding carboxylic acids is 1. The molecule has 0 spiro atoms. The number of nitrogens with one attached hydrogen (secondary N) is 1. The van der Waals surface area contributed by atoms with E-state index in [1.807, 2.05) is 50.5 Å². The molecule has 1 amide bonds. The van der Waals surface area contributed by atoms with Crippen LogP contribution in [0.5, 0.6) is 5.75 Å². The molecule has 0 atom stereocenters. The number of benzene rings is 3. The minimum absolute atomic E-state index is 0.0275. The Morgan fingerprint density at radius 1 is 0.968 bits per heavy atom. The van der Waals surface area contributed by atoms with Gasteiger partial charge in [0.25, 0.3) is 5.91 Å². The zero-order chi connectivity index (χ0) is 22.2. The Hall–Kier alpha value is -3.54. The highest BCUT2D eigenvalue weighted by molar-refractivity contribution is 6.52. The number of carboxylic acid groups (broad SMARTS) is 1. The van der Waals surface area contributed by atoms with Crippen molar-refractivity contribution in [1.29, 1.82) is 0 Å². The summed E-state index contributed by atoms with van der Waals surface area (Å²) in [6.07, 6.45) is 1.86. The van der Waals surface area contributed by atoms with Crippen molar-refractivity contribution in [2.24, 2.45) is 0 Å². The molecule has 0 heterocycles. The molecule has 0 aliphatic rings. The molecule has 0 saturated heterocycles. The number of carbonyl (C=O) groups is 2. The first kappa shape index (κ1) is 22.2. The Kier molecular flexibility index (Phi) is 7.49. The molecule has 0 unspecified atom stereocenters. The molecular weight excluding hydrogens is 389 g/mol. The number of carboxylic acids is 1. The van der Waals surface area contributed by atoms with Crippen LogP contribution in [0.25, 0.3) is 11.1 Å². The molecule has 0 fully saturated rings. The Labute approximate surface area is 183 Å². The van der Waals surface area contributed by atoms with Gasteiger partial charge < -0.3 is 15.2 Å². The van der Waals surface area contributed by atoms with Crippen molar-refractivity contribution >= 4 is 30.3 Å². The van der Waals surface area contributed by atoms with Crippen LogP contribution in [0.15, 0.2) is 66.7 Å². The van der Waals surface area contributed by atoms with Crippen LogP contribution in [0.3, 0.4) is 0 Å². The van der Waals surface area contributed by atoms with E-state index in [0.717, 1.165) is 29.4 Å². The number of unbranched alkanes of at least 4 members (excludes halogenated alkanes) is 1. The lowest BCUT2D eigenvalue weighted by molar-refractivity contribution is 0.0698. The lowest BCUT2D eigenvalue weighted by Gasteiger charge is -2.15. The van der Waals surface area contributed by atoms with E-state index in [4.69, 9.17) is 4.74 Å².